The van der Waals surface area contributed by atoms with Gasteiger partial charge in [0.2, 0.25) is 0 Å². The fraction of sp³-hybridized carbons (Fsp3) is 0.348. The highest BCUT2D eigenvalue weighted by Gasteiger charge is 2.25. The Kier molecular flexibility index (Phi) is 5.27. The minimum absolute atomic E-state index is 0.218. The molecule has 3 aromatic heterocycles. The third kappa shape index (κ3) is 3.59. The molecule has 0 saturated carbocycles. The summed E-state index contributed by atoms with van der Waals surface area (Å²) in [6, 6.07) is 6.10. The zero-order valence-electron chi connectivity index (χ0n) is 18.4. The number of carbonyl (C=O) groups excluding carboxylic acids is 1. The molecule has 4 heterocycles. The molecule has 1 unspecified atom stereocenters. The summed E-state index contributed by atoms with van der Waals surface area (Å²) in [6.07, 6.45) is 6.82. The molecule has 1 saturated heterocycles. The van der Waals surface area contributed by atoms with E-state index in [0.717, 1.165) is 42.8 Å². The van der Waals surface area contributed by atoms with Crippen molar-refractivity contribution in [1.82, 2.24) is 24.5 Å². The molecule has 9 heteroatoms. The molecule has 0 aliphatic carbocycles. The predicted octanol–water partition coefficient (Wildman–Crippen LogP) is 3.72. The lowest BCUT2D eigenvalue weighted by Gasteiger charge is -2.20. The van der Waals surface area contributed by atoms with E-state index >= 15 is 0 Å². The second-order valence-corrected chi connectivity index (χ2v) is 8.65. The number of carbonyl (C=O) groups is 1. The number of pyridine rings is 1. The quantitative estimate of drug-likeness (QED) is 0.483. The normalized spacial score (nSPS) is 16.4. The molecule has 8 nitrogen and oxygen atoms in total. The smallest absolute Gasteiger partial charge is 0.257 e. The number of rotatable bonds is 5. The zero-order chi connectivity index (χ0) is 22.4. The Morgan fingerprint density at radius 3 is 2.88 bits per heavy atom. The van der Waals surface area contributed by atoms with E-state index < -0.39 is 0 Å². The van der Waals surface area contributed by atoms with Crippen LogP contribution in [0.3, 0.4) is 0 Å². The van der Waals surface area contributed by atoms with Gasteiger partial charge >= 0.3 is 0 Å². The SMILES string of the molecule is CCn1cc2c(N3CCC(NC)C3)ccc(C(=O)Nc3cc(Cl)c4nc(C)cn4c3)c2n1. The van der Waals surface area contributed by atoms with Gasteiger partial charge in [-0.05, 0) is 45.5 Å². The first-order valence-electron chi connectivity index (χ1n) is 10.9. The summed E-state index contributed by atoms with van der Waals surface area (Å²) in [7, 11) is 2.00. The van der Waals surface area contributed by atoms with Gasteiger partial charge in [-0.3, -0.25) is 9.48 Å². The zero-order valence-corrected chi connectivity index (χ0v) is 19.1. The van der Waals surface area contributed by atoms with E-state index in [1.54, 1.807) is 6.07 Å². The maximum absolute atomic E-state index is 13.3. The van der Waals surface area contributed by atoms with E-state index in [1.165, 1.54) is 0 Å². The molecule has 1 aliphatic heterocycles. The van der Waals surface area contributed by atoms with Crippen molar-refractivity contribution in [3.8, 4) is 0 Å². The molecule has 0 bridgehead atoms. The highest BCUT2D eigenvalue weighted by molar-refractivity contribution is 6.33. The van der Waals surface area contributed by atoms with Crippen LogP contribution < -0.4 is 15.5 Å². The summed E-state index contributed by atoms with van der Waals surface area (Å²) in [6.45, 7) is 6.61. The number of likely N-dealkylation sites (N-methyl/N-ethyl adjacent to an activating group) is 1. The monoisotopic (exact) mass is 451 g/mol. The molecule has 0 spiro atoms. The van der Waals surface area contributed by atoms with Crippen LogP contribution in [0.5, 0.6) is 0 Å². The van der Waals surface area contributed by atoms with Crippen LogP contribution in [0.15, 0.2) is 36.8 Å². The molecule has 1 atom stereocenters. The van der Waals surface area contributed by atoms with E-state index in [-0.39, 0.29) is 5.91 Å². The number of nitrogens with one attached hydrogen (secondary N) is 2. The third-order valence-electron chi connectivity index (χ3n) is 6.09. The van der Waals surface area contributed by atoms with Crippen molar-refractivity contribution in [3.05, 3.63) is 53.1 Å². The van der Waals surface area contributed by atoms with Gasteiger partial charge in [0, 0.05) is 55.3 Å². The largest absolute Gasteiger partial charge is 0.369 e. The number of hydrogen-bond donors (Lipinski definition) is 2. The minimum atomic E-state index is -0.218. The number of halogens is 1. The van der Waals surface area contributed by atoms with Crippen LogP contribution in [0.1, 0.15) is 29.4 Å². The van der Waals surface area contributed by atoms with Crippen LogP contribution in [0.2, 0.25) is 5.02 Å². The number of amides is 1. The van der Waals surface area contributed by atoms with Crippen LogP contribution in [0, 0.1) is 6.92 Å². The fourth-order valence-corrected chi connectivity index (χ4v) is 4.68. The molecule has 1 amide bonds. The van der Waals surface area contributed by atoms with Crippen LogP contribution in [-0.4, -0.2) is 51.3 Å². The third-order valence-corrected chi connectivity index (χ3v) is 6.37. The second-order valence-electron chi connectivity index (χ2n) is 8.24. The fourth-order valence-electron chi connectivity index (χ4n) is 4.42. The Hall–Kier alpha value is -3.10. The first-order valence-corrected chi connectivity index (χ1v) is 11.2. The Balaban J connectivity index is 1.50. The second kappa shape index (κ2) is 8.11. The van der Waals surface area contributed by atoms with Crippen molar-refractivity contribution in [1.29, 1.82) is 0 Å². The van der Waals surface area contributed by atoms with Crippen LogP contribution in [0.4, 0.5) is 11.4 Å². The van der Waals surface area contributed by atoms with Crippen molar-refractivity contribution >= 4 is 45.4 Å². The van der Waals surface area contributed by atoms with Crippen molar-refractivity contribution in [2.24, 2.45) is 0 Å². The molecule has 1 aliphatic rings. The van der Waals surface area contributed by atoms with Crippen molar-refractivity contribution in [2.75, 3.05) is 30.4 Å². The lowest BCUT2D eigenvalue weighted by Crippen LogP contribution is -2.29. The molecule has 1 fully saturated rings. The first kappa shape index (κ1) is 20.8. The van der Waals surface area contributed by atoms with E-state index in [2.05, 4.69) is 20.5 Å². The van der Waals surface area contributed by atoms with Crippen molar-refractivity contribution in [3.63, 3.8) is 0 Å². The van der Waals surface area contributed by atoms with E-state index in [9.17, 15) is 4.79 Å². The van der Waals surface area contributed by atoms with Crippen LogP contribution in [-0.2, 0) is 6.54 Å². The Bertz CT molecular complexity index is 1330. The molecule has 166 valence electrons. The van der Waals surface area contributed by atoms with Gasteiger partial charge in [-0.2, -0.15) is 5.10 Å². The van der Waals surface area contributed by atoms with Gasteiger partial charge in [-0.1, -0.05) is 11.6 Å². The van der Waals surface area contributed by atoms with Crippen LogP contribution in [0.25, 0.3) is 16.6 Å². The number of aryl methyl sites for hydroxylation is 2. The van der Waals surface area contributed by atoms with Crippen LogP contribution >= 0.6 is 11.6 Å². The number of anilines is 2. The van der Waals surface area contributed by atoms with Gasteiger partial charge in [0.05, 0.1) is 22.0 Å². The molecular formula is C23H26ClN7O. The molecule has 1 aromatic carbocycles. The maximum atomic E-state index is 13.3. The van der Waals surface area contributed by atoms with E-state index in [0.29, 0.717) is 33.5 Å². The average molecular weight is 452 g/mol. The van der Waals surface area contributed by atoms with Crippen molar-refractivity contribution < 1.29 is 4.79 Å². The highest BCUT2D eigenvalue weighted by Crippen LogP contribution is 2.32. The number of aromatic nitrogens is 4. The summed E-state index contributed by atoms with van der Waals surface area (Å²) in [5, 5.41) is 12.5. The lowest BCUT2D eigenvalue weighted by molar-refractivity contribution is 0.102. The molecule has 32 heavy (non-hydrogen) atoms. The molecule has 2 N–H and O–H groups in total. The van der Waals surface area contributed by atoms with Gasteiger partial charge in [-0.15, -0.1) is 0 Å². The number of fused-ring (bicyclic) bond motifs is 2. The van der Waals surface area contributed by atoms with E-state index in [1.807, 2.05) is 60.7 Å². The number of nitrogens with zero attached hydrogens (tertiary/aromatic N) is 5. The summed E-state index contributed by atoms with van der Waals surface area (Å²) in [5.41, 5.74) is 4.50. The van der Waals surface area contributed by atoms with Crippen molar-refractivity contribution in [2.45, 2.75) is 32.9 Å². The Morgan fingerprint density at radius 2 is 2.12 bits per heavy atom. The minimum Gasteiger partial charge on any atom is -0.369 e. The number of hydrogen-bond acceptors (Lipinski definition) is 5. The average Bonchev–Trinajstić information content (AvgIpc) is 3.50. The van der Waals surface area contributed by atoms with Gasteiger partial charge in [0.15, 0.2) is 5.65 Å². The Morgan fingerprint density at radius 1 is 1.28 bits per heavy atom. The van der Waals surface area contributed by atoms with Gasteiger partial charge in [0.1, 0.15) is 5.52 Å². The summed E-state index contributed by atoms with van der Waals surface area (Å²) in [4.78, 5) is 20.0. The highest BCUT2D eigenvalue weighted by atomic mass is 35.5. The molecule has 4 aromatic rings. The standard InChI is InChI=1S/C23H26ClN7O/c1-4-31-13-18-20(29-8-7-15(11-29)25-3)6-5-17(21(18)28-31)23(32)27-16-9-19(24)22-26-14(2)10-30(22)12-16/h5-6,9-10,12-13,15,25H,4,7-8,11H2,1-3H3,(H,27,32). The molecule has 0 radical (unpaired) electrons. The summed E-state index contributed by atoms with van der Waals surface area (Å²) < 4.78 is 3.71. The number of imidazole rings is 1. The molecular weight excluding hydrogens is 426 g/mol. The van der Waals surface area contributed by atoms with Gasteiger partial charge in [-0.25, -0.2) is 4.98 Å². The summed E-state index contributed by atoms with van der Waals surface area (Å²) in [5.74, 6) is -0.218. The number of benzene rings is 1. The Labute approximate surface area is 191 Å². The maximum Gasteiger partial charge on any atom is 0.257 e. The van der Waals surface area contributed by atoms with Gasteiger partial charge in [0.25, 0.3) is 5.91 Å². The predicted molar refractivity (Wildman–Crippen MR) is 128 cm³/mol. The lowest BCUT2D eigenvalue weighted by atomic mass is 10.1. The van der Waals surface area contributed by atoms with E-state index in [4.69, 9.17) is 16.7 Å². The topological polar surface area (TPSA) is 79.5 Å². The molecule has 5 rings (SSSR count). The van der Waals surface area contributed by atoms with Gasteiger partial charge < -0.3 is 19.9 Å². The summed E-state index contributed by atoms with van der Waals surface area (Å²) >= 11 is 6.38. The first-order chi connectivity index (χ1) is 15.5.